The summed E-state index contributed by atoms with van der Waals surface area (Å²) in [5, 5.41) is 10.8. The second-order valence-corrected chi connectivity index (χ2v) is 11.0. The Hall–Kier alpha value is -2.59. The Morgan fingerprint density at radius 1 is 1.28 bits per heavy atom. The van der Waals surface area contributed by atoms with Gasteiger partial charge in [-0.2, -0.15) is 0 Å². The van der Waals surface area contributed by atoms with Gasteiger partial charge in [-0.25, -0.2) is 9.79 Å². The molecule has 0 saturated carbocycles. The number of benzene rings is 2. The fourth-order valence-electron chi connectivity index (χ4n) is 3.91. The Morgan fingerprint density at radius 2 is 2.00 bits per heavy atom. The van der Waals surface area contributed by atoms with Gasteiger partial charge >= 0.3 is 5.97 Å². The van der Waals surface area contributed by atoms with Crippen LogP contribution in [-0.4, -0.2) is 28.9 Å². The highest BCUT2D eigenvalue weighted by Crippen LogP contribution is 2.37. The Kier molecular flexibility index (Phi) is 7.66. The first-order valence-electron chi connectivity index (χ1n) is 10.8. The van der Waals surface area contributed by atoms with Gasteiger partial charge in [0, 0.05) is 20.6 Å². The van der Waals surface area contributed by atoms with Crippen LogP contribution in [0.1, 0.15) is 37.9 Å². The lowest BCUT2D eigenvalue weighted by Gasteiger charge is -2.26. The van der Waals surface area contributed by atoms with E-state index in [4.69, 9.17) is 32.7 Å². The fraction of sp³-hybridized carbons (Fsp3) is 0.240. The molecule has 188 valence electrons. The largest absolute Gasteiger partial charge is 0.506 e. The van der Waals surface area contributed by atoms with Crippen molar-refractivity contribution in [2.45, 2.75) is 32.9 Å². The number of aromatic hydroxyl groups is 1. The van der Waals surface area contributed by atoms with Gasteiger partial charge in [0.15, 0.2) is 4.80 Å². The van der Waals surface area contributed by atoms with Gasteiger partial charge in [0.05, 0.1) is 34.0 Å². The summed E-state index contributed by atoms with van der Waals surface area (Å²) in [7, 11) is 1.52. The third kappa shape index (κ3) is 4.98. The van der Waals surface area contributed by atoms with Gasteiger partial charge in [-0.15, -0.1) is 0 Å². The van der Waals surface area contributed by atoms with Gasteiger partial charge in [-0.3, -0.25) is 9.36 Å². The summed E-state index contributed by atoms with van der Waals surface area (Å²) >= 11 is 16.8. The van der Waals surface area contributed by atoms with E-state index in [1.165, 1.54) is 29.9 Å². The van der Waals surface area contributed by atoms with Crippen molar-refractivity contribution < 1.29 is 19.4 Å². The minimum Gasteiger partial charge on any atom is -0.506 e. The van der Waals surface area contributed by atoms with Gasteiger partial charge in [-0.05, 0) is 57.2 Å². The maximum absolute atomic E-state index is 13.8. The van der Waals surface area contributed by atoms with Gasteiger partial charge in [0.1, 0.15) is 17.5 Å². The summed E-state index contributed by atoms with van der Waals surface area (Å²) in [6.07, 6.45) is 1.13. The molecule has 1 atom stereocenters. The van der Waals surface area contributed by atoms with Crippen molar-refractivity contribution >= 4 is 62.5 Å². The summed E-state index contributed by atoms with van der Waals surface area (Å²) in [5.74, 6) is -0.289. The molecule has 0 saturated heterocycles. The Labute approximate surface area is 229 Å². The monoisotopic (exact) mass is 610 g/mol. The third-order valence-electron chi connectivity index (χ3n) is 5.41. The van der Waals surface area contributed by atoms with E-state index in [0.29, 0.717) is 26.8 Å². The van der Waals surface area contributed by atoms with E-state index < -0.39 is 17.6 Å². The molecule has 11 heteroatoms. The molecule has 0 radical (unpaired) electrons. The molecule has 0 spiro atoms. The van der Waals surface area contributed by atoms with Crippen molar-refractivity contribution in [3.05, 3.63) is 86.9 Å². The van der Waals surface area contributed by atoms with E-state index in [1.54, 1.807) is 39.0 Å². The van der Waals surface area contributed by atoms with E-state index >= 15 is 0 Å². The lowest BCUT2D eigenvalue weighted by Crippen LogP contribution is -2.40. The fourth-order valence-corrected chi connectivity index (χ4v) is 5.84. The zero-order valence-corrected chi connectivity index (χ0v) is 23.5. The number of carbonyl (C=O) groups excluding carboxylic acids is 1. The standard InChI is InChI=1S/C25H21BrCl2N2O5S/c1-11(2)35-24(33)20-12(3)29-25-30(21(20)16-9-14(26)5-6-18(16)34-4)23(32)19(36-25)8-13-7-15(27)10-17(28)22(13)31/h5-11,21,31H,1-4H3/b19-8-/t21-/m0/s1. The maximum Gasteiger partial charge on any atom is 0.338 e. The first-order chi connectivity index (χ1) is 17.0. The molecular weight excluding hydrogens is 591 g/mol. The molecule has 2 heterocycles. The van der Waals surface area contributed by atoms with Crippen molar-refractivity contribution in [1.82, 2.24) is 4.57 Å². The lowest BCUT2D eigenvalue weighted by molar-refractivity contribution is -0.143. The van der Waals surface area contributed by atoms with Crippen LogP contribution >= 0.6 is 50.5 Å². The zero-order valence-electron chi connectivity index (χ0n) is 19.6. The summed E-state index contributed by atoms with van der Waals surface area (Å²) < 4.78 is 13.6. The van der Waals surface area contributed by atoms with Crippen molar-refractivity contribution in [3.63, 3.8) is 0 Å². The lowest BCUT2D eigenvalue weighted by atomic mass is 9.95. The Balaban J connectivity index is 2.03. The number of hydrogen-bond donors (Lipinski definition) is 1. The number of carbonyl (C=O) groups is 1. The number of allylic oxidation sites excluding steroid dienone is 1. The first kappa shape index (κ1) is 26.5. The van der Waals surface area contributed by atoms with Gasteiger partial charge in [0.25, 0.3) is 5.56 Å². The highest BCUT2D eigenvalue weighted by Gasteiger charge is 2.35. The van der Waals surface area contributed by atoms with Gasteiger partial charge in [-0.1, -0.05) is 50.5 Å². The summed E-state index contributed by atoms with van der Waals surface area (Å²) in [4.78, 5) is 32.0. The summed E-state index contributed by atoms with van der Waals surface area (Å²) in [5.41, 5.74) is 1.10. The van der Waals surface area contributed by atoms with Gasteiger partial charge in [0.2, 0.25) is 0 Å². The second-order valence-electron chi connectivity index (χ2n) is 8.25. The Bertz CT molecular complexity index is 1590. The molecule has 1 aromatic heterocycles. The topological polar surface area (TPSA) is 90.1 Å². The van der Waals surface area contributed by atoms with Crippen LogP contribution in [0.25, 0.3) is 6.08 Å². The molecule has 1 aliphatic rings. The second kappa shape index (κ2) is 10.4. The summed E-state index contributed by atoms with van der Waals surface area (Å²) in [6, 6.07) is 7.41. The van der Waals surface area contributed by atoms with E-state index in [9.17, 15) is 14.7 Å². The molecular formula is C25H21BrCl2N2O5S. The van der Waals surface area contributed by atoms with Crippen molar-refractivity contribution in [2.75, 3.05) is 7.11 Å². The quantitative estimate of drug-likeness (QED) is 0.412. The molecule has 0 amide bonds. The number of rotatable bonds is 5. The van der Waals surface area contributed by atoms with E-state index in [0.717, 1.165) is 15.8 Å². The van der Waals surface area contributed by atoms with Crippen LogP contribution in [0.2, 0.25) is 10.0 Å². The van der Waals surface area contributed by atoms with Crippen LogP contribution in [0, 0.1) is 0 Å². The molecule has 0 unspecified atom stereocenters. The SMILES string of the molecule is COc1ccc(Br)cc1[C@H]1C(C(=O)OC(C)C)=C(C)N=c2s/c(=C\c3cc(Cl)cc(Cl)c3O)c(=O)n21. The number of esters is 1. The number of fused-ring (bicyclic) bond motifs is 1. The van der Waals surface area contributed by atoms with Crippen molar-refractivity contribution in [3.8, 4) is 11.5 Å². The summed E-state index contributed by atoms with van der Waals surface area (Å²) in [6.45, 7) is 5.20. The van der Waals surface area contributed by atoms with E-state index in [2.05, 4.69) is 20.9 Å². The highest BCUT2D eigenvalue weighted by atomic mass is 79.9. The van der Waals surface area contributed by atoms with Gasteiger partial charge < -0.3 is 14.6 Å². The van der Waals surface area contributed by atoms with Crippen LogP contribution in [0.15, 0.2) is 55.9 Å². The predicted molar refractivity (Wildman–Crippen MR) is 144 cm³/mol. The molecule has 2 aromatic carbocycles. The number of aromatic nitrogens is 1. The number of nitrogens with zero attached hydrogens (tertiary/aromatic N) is 2. The number of phenolic OH excluding ortho intramolecular Hbond substituents is 1. The van der Waals surface area contributed by atoms with Crippen LogP contribution in [0.5, 0.6) is 11.5 Å². The molecule has 7 nitrogen and oxygen atoms in total. The van der Waals surface area contributed by atoms with E-state index in [1.807, 2.05) is 0 Å². The normalized spacial score (nSPS) is 15.7. The van der Waals surface area contributed by atoms with Crippen LogP contribution in [-0.2, 0) is 9.53 Å². The van der Waals surface area contributed by atoms with Crippen molar-refractivity contribution in [1.29, 1.82) is 0 Å². The van der Waals surface area contributed by atoms with Crippen molar-refractivity contribution in [2.24, 2.45) is 4.99 Å². The highest BCUT2D eigenvalue weighted by molar-refractivity contribution is 9.10. The first-order valence-corrected chi connectivity index (χ1v) is 13.1. The van der Waals surface area contributed by atoms with Crippen LogP contribution in [0.3, 0.4) is 0 Å². The zero-order chi connectivity index (χ0) is 26.3. The molecule has 3 aromatic rings. The molecule has 1 aliphatic heterocycles. The molecule has 4 rings (SSSR count). The van der Waals surface area contributed by atoms with E-state index in [-0.39, 0.29) is 32.5 Å². The molecule has 0 aliphatic carbocycles. The van der Waals surface area contributed by atoms with Crippen LogP contribution < -0.4 is 19.6 Å². The average Bonchev–Trinajstić information content (AvgIpc) is 3.10. The minimum absolute atomic E-state index is 0.0628. The smallest absolute Gasteiger partial charge is 0.338 e. The molecule has 36 heavy (non-hydrogen) atoms. The number of phenols is 1. The van der Waals surface area contributed by atoms with Crippen LogP contribution in [0.4, 0.5) is 0 Å². The number of methoxy groups -OCH3 is 1. The maximum atomic E-state index is 13.8. The minimum atomic E-state index is -0.862. The number of thiazole rings is 1. The Morgan fingerprint density at radius 3 is 2.67 bits per heavy atom. The average molecular weight is 612 g/mol. The molecule has 0 fully saturated rings. The number of halogens is 3. The number of hydrogen-bond acceptors (Lipinski definition) is 7. The number of ether oxygens (including phenoxy) is 2. The predicted octanol–water partition coefficient (Wildman–Crippen LogP) is 4.97. The molecule has 1 N–H and O–H groups in total. The third-order valence-corrected chi connectivity index (χ3v) is 7.40. The molecule has 0 bridgehead atoms.